The lowest BCUT2D eigenvalue weighted by Crippen LogP contribution is -2.48. The zero-order chi connectivity index (χ0) is 34.6. The SMILES string of the molecule is Cc1cc(F)ccc1[C@H]1C[C@@H](C(=O)Nc2ccc(CN3CCOCC3)o2)CCN1C(=O)NCCc1cc(C(F)(F)F)cc(C(F)(F)F)c1.Cl. The molecule has 8 nitrogen and oxygen atoms in total. The van der Waals surface area contributed by atoms with Crippen LogP contribution in [0.5, 0.6) is 0 Å². The van der Waals surface area contributed by atoms with Crippen molar-refractivity contribution in [3.8, 4) is 0 Å². The number of rotatable bonds is 8. The Morgan fingerprint density at radius 3 is 2.22 bits per heavy atom. The van der Waals surface area contributed by atoms with Crippen molar-refractivity contribution < 1.29 is 49.5 Å². The molecule has 5 rings (SSSR count). The maximum absolute atomic E-state index is 14.0. The minimum absolute atomic E-state index is 0. The number of alkyl halides is 6. The maximum Gasteiger partial charge on any atom is 0.416 e. The van der Waals surface area contributed by atoms with Crippen molar-refractivity contribution in [2.75, 3.05) is 44.7 Å². The Balaban J connectivity index is 0.00000541. The van der Waals surface area contributed by atoms with E-state index in [0.717, 1.165) is 13.1 Å². The lowest BCUT2D eigenvalue weighted by molar-refractivity contribution is -0.143. The highest BCUT2D eigenvalue weighted by Gasteiger charge is 2.38. The number of halogens is 8. The number of carbonyl (C=O) groups is 2. The molecule has 49 heavy (non-hydrogen) atoms. The van der Waals surface area contributed by atoms with Gasteiger partial charge in [-0.1, -0.05) is 6.07 Å². The molecule has 2 aliphatic heterocycles. The number of nitrogens with zero attached hydrogens (tertiary/aromatic N) is 2. The fraction of sp³-hybridized carbons (Fsp3) is 0.455. The minimum Gasteiger partial charge on any atom is -0.444 e. The van der Waals surface area contributed by atoms with Gasteiger partial charge in [0.05, 0.1) is 36.9 Å². The second-order valence-corrected chi connectivity index (χ2v) is 12.0. The summed E-state index contributed by atoms with van der Waals surface area (Å²) in [5.74, 6) is -0.402. The molecule has 2 N–H and O–H groups in total. The Labute approximate surface area is 284 Å². The molecule has 0 unspecified atom stereocenters. The van der Waals surface area contributed by atoms with E-state index in [9.17, 15) is 40.3 Å². The molecule has 2 aliphatic rings. The molecule has 268 valence electrons. The number of amides is 3. The summed E-state index contributed by atoms with van der Waals surface area (Å²) >= 11 is 0. The largest absolute Gasteiger partial charge is 0.444 e. The van der Waals surface area contributed by atoms with Crippen molar-refractivity contribution in [2.24, 2.45) is 5.92 Å². The second-order valence-electron chi connectivity index (χ2n) is 12.0. The van der Waals surface area contributed by atoms with Gasteiger partial charge in [0.2, 0.25) is 5.91 Å². The first-order valence-electron chi connectivity index (χ1n) is 15.5. The average Bonchev–Trinajstić information content (AvgIpc) is 3.46. The molecule has 2 atom stereocenters. The molecule has 16 heteroatoms. The van der Waals surface area contributed by atoms with Crippen molar-refractivity contribution in [3.05, 3.63) is 87.9 Å². The highest BCUT2D eigenvalue weighted by Crippen LogP contribution is 2.38. The molecule has 1 aromatic heterocycles. The molecule has 2 aromatic carbocycles. The number of aryl methyl sites for hydroxylation is 1. The van der Waals surface area contributed by atoms with Crippen LogP contribution in [0.3, 0.4) is 0 Å². The fourth-order valence-electron chi connectivity index (χ4n) is 6.07. The fourth-order valence-corrected chi connectivity index (χ4v) is 6.07. The van der Waals surface area contributed by atoms with E-state index in [0.29, 0.717) is 48.8 Å². The van der Waals surface area contributed by atoms with Crippen molar-refractivity contribution >= 4 is 30.2 Å². The van der Waals surface area contributed by atoms with Crippen LogP contribution < -0.4 is 10.6 Å². The molecule has 3 aromatic rings. The Bertz CT molecular complexity index is 1580. The van der Waals surface area contributed by atoms with Crippen LogP contribution in [0.15, 0.2) is 52.9 Å². The van der Waals surface area contributed by atoms with Gasteiger partial charge in [-0.3, -0.25) is 15.0 Å². The van der Waals surface area contributed by atoms with Crippen molar-refractivity contribution in [1.29, 1.82) is 0 Å². The van der Waals surface area contributed by atoms with E-state index in [1.807, 2.05) is 0 Å². The summed E-state index contributed by atoms with van der Waals surface area (Å²) in [6, 6.07) is 7.54. The molecule has 2 saturated heterocycles. The van der Waals surface area contributed by atoms with Crippen LogP contribution in [0.1, 0.15) is 52.5 Å². The Hall–Kier alpha value is -3.82. The van der Waals surface area contributed by atoms with E-state index in [1.165, 1.54) is 23.1 Å². The number of furan rings is 1. The smallest absolute Gasteiger partial charge is 0.416 e. The number of piperidine rings is 1. The molecular formula is C33H36ClF7N4O4. The van der Waals surface area contributed by atoms with Crippen LogP contribution in [0, 0.1) is 18.7 Å². The van der Waals surface area contributed by atoms with E-state index < -0.39 is 47.3 Å². The zero-order valence-electron chi connectivity index (χ0n) is 26.4. The first-order valence-corrected chi connectivity index (χ1v) is 15.5. The summed E-state index contributed by atoms with van der Waals surface area (Å²) in [6.45, 7) is 4.89. The molecule has 3 amide bonds. The van der Waals surface area contributed by atoms with Gasteiger partial charge in [-0.05, 0) is 79.3 Å². The third-order valence-corrected chi connectivity index (χ3v) is 8.55. The van der Waals surface area contributed by atoms with Gasteiger partial charge in [0.25, 0.3) is 0 Å². The lowest BCUT2D eigenvalue weighted by atomic mass is 9.85. The molecule has 2 fully saturated rings. The summed E-state index contributed by atoms with van der Waals surface area (Å²) in [7, 11) is 0. The molecule has 0 spiro atoms. The highest BCUT2D eigenvalue weighted by atomic mass is 35.5. The summed E-state index contributed by atoms with van der Waals surface area (Å²) in [4.78, 5) is 30.4. The Morgan fingerprint density at radius 1 is 0.918 bits per heavy atom. The standard InChI is InChI=1S/C33H35F7N4O4.ClH/c1-20-14-25(34)2-4-27(20)28-17-22(30(45)42-29-5-3-26(48-29)19-43-10-12-47-13-11-43)7-9-44(28)31(46)41-8-6-21-15-23(32(35,36)37)18-24(16-21)33(38,39)40;/h2-5,14-16,18,22,28H,6-13,17,19H2,1H3,(H,41,46)(H,42,45);1H/t22-,28+;/m0./s1. The van der Waals surface area contributed by atoms with Crippen LogP contribution in [-0.2, 0) is 34.8 Å². The number of anilines is 1. The summed E-state index contributed by atoms with van der Waals surface area (Å²) in [5.41, 5.74) is -1.98. The van der Waals surface area contributed by atoms with Gasteiger partial charge < -0.3 is 19.4 Å². The monoisotopic (exact) mass is 720 g/mol. The van der Waals surface area contributed by atoms with E-state index in [1.54, 1.807) is 19.1 Å². The van der Waals surface area contributed by atoms with Crippen LogP contribution in [0.4, 0.5) is 41.4 Å². The quantitative estimate of drug-likeness (QED) is 0.238. The highest BCUT2D eigenvalue weighted by molar-refractivity contribution is 5.91. The van der Waals surface area contributed by atoms with E-state index in [2.05, 4.69) is 15.5 Å². The number of benzene rings is 2. The number of likely N-dealkylation sites (tertiary alicyclic amines) is 1. The van der Waals surface area contributed by atoms with Crippen LogP contribution in [-0.4, -0.2) is 61.1 Å². The van der Waals surface area contributed by atoms with Crippen LogP contribution in [0.2, 0.25) is 0 Å². The molecule has 0 radical (unpaired) electrons. The summed E-state index contributed by atoms with van der Waals surface area (Å²) < 4.78 is 105. The number of carbonyl (C=O) groups excluding carboxylic acids is 2. The van der Waals surface area contributed by atoms with Crippen molar-refractivity contribution in [1.82, 2.24) is 15.1 Å². The van der Waals surface area contributed by atoms with Crippen LogP contribution >= 0.6 is 12.4 Å². The zero-order valence-corrected chi connectivity index (χ0v) is 27.2. The molecule has 3 heterocycles. The number of urea groups is 1. The number of ether oxygens (including phenoxy) is 1. The third-order valence-electron chi connectivity index (χ3n) is 8.55. The van der Waals surface area contributed by atoms with Gasteiger partial charge in [-0.25, -0.2) is 9.18 Å². The predicted octanol–water partition coefficient (Wildman–Crippen LogP) is 7.36. The van der Waals surface area contributed by atoms with E-state index >= 15 is 0 Å². The first kappa shape index (κ1) is 38.0. The number of hydrogen-bond acceptors (Lipinski definition) is 5. The predicted molar refractivity (Wildman–Crippen MR) is 168 cm³/mol. The Morgan fingerprint density at radius 2 is 1.59 bits per heavy atom. The molecule has 0 saturated carbocycles. The first-order chi connectivity index (χ1) is 22.7. The van der Waals surface area contributed by atoms with Crippen LogP contribution in [0.25, 0.3) is 0 Å². The van der Waals surface area contributed by atoms with Crippen molar-refractivity contribution in [3.63, 3.8) is 0 Å². The number of nitrogens with one attached hydrogen (secondary N) is 2. The summed E-state index contributed by atoms with van der Waals surface area (Å²) in [5, 5.41) is 5.39. The summed E-state index contributed by atoms with van der Waals surface area (Å²) in [6.07, 6.45) is -9.83. The number of morpholine rings is 1. The average molecular weight is 721 g/mol. The van der Waals surface area contributed by atoms with Gasteiger partial charge in [-0.2, -0.15) is 26.3 Å². The minimum atomic E-state index is -4.99. The Kier molecular flexibility index (Phi) is 12.3. The molecule has 0 bridgehead atoms. The van der Waals surface area contributed by atoms with Gasteiger partial charge in [0.15, 0.2) is 5.88 Å². The van der Waals surface area contributed by atoms with Gasteiger partial charge in [0.1, 0.15) is 11.6 Å². The third kappa shape index (κ3) is 9.88. The van der Waals surface area contributed by atoms with Gasteiger partial charge in [0, 0.05) is 38.2 Å². The normalized spacial score (nSPS) is 18.9. The van der Waals surface area contributed by atoms with E-state index in [-0.39, 0.29) is 68.2 Å². The van der Waals surface area contributed by atoms with Gasteiger partial charge >= 0.3 is 18.4 Å². The lowest BCUT2D eigenvalue weighted by Gasteiger charge is -2.39. The van der Waals surface area contributed by atoms with E-state index in [4.69, 9.17) is 9.15 Å². The molecule has 0 aliphatic carbocycles. The van der Waals surface area contributed by atoms with Gasteiger partial charge in [-0.15, -0.1) is 12.4 Å². The number of hydrogen-bond donors (Lipinski definition) is 2. The molecular weight excluding hydrogens is 685 g/mol. The second kappa shape index (κ2) is 15.8. The van der Waals surface area contributed by atoms with Crippen molar-refractivity contribution in [2.45, 2.75) is 51.1 Å². The maximum atomic E-state index is 14.0. The topological polar surface area (TPSA) is 87.1 Å².